The van der Waals surface area contributed by atoms with Crippen LogP contribution in [0.1, 0.15) is 43.7 Å². The zero-order valence-corrected chi connectivity index (χ0v) is 18.7. The van der Waals surface area contributed by atoms with Gasteiger partial charge in [0.05, 0.1) is 5.92 Å². The first-order chi connectivity index (χ1) is 15.0. The molecule has 0 radical (unpaired) electrons. The van der Waals surface area contributed by atoms with Gasteiger partial charge in [0.25, 0.3) is 0 Å². The van der Waals surface area contributed by atoms with Crippen LogP contribution in [-0.4, -0.2) is 28.3 Å². The van der Waals surface area contributed by atoms with Crippen LogP contribution >= 0.6 is 11.8 Å². The van der Waals surface area contributed by atoms with Crippen molar-refractivity contribution in [2.75, 3.05) is 5.75 Å². The van der Waals surface area contributed by atoms with E-state index in [9.17, 15) is 14.4 Å². The number of nitrogens with one attached hydrogen (secondary N) is 1. The molecule has 2 aromatic carbocycles. The van der Waals surface area contributed by atoms with Gasteiger partial charge < -0.3 is 10.1 Å². The van der Waals surface area contributed by atoms with Gasteiger partial charge in [0.2, 0.25) is 5.91 Å². The summed E-state index contributed by atoms with van der Waals surface area (Å²) in [5.41, 5.74) is 0.955. The molecule has 1 fully saturated rings. The summed E-state index contributed by atoms with van der Waals surface area (Å²) in [6.45, 7) is 1.69. The fraction of sp³-hybridized carbons (Fsp3) is 0.400. The molecule has 1 saturated carbocycles. The number of esters is 1. The van der Waals surface area contributed by atoms with Crippen LogP contribution in [0.4, 0.5) is 0 Å². The van der Waals surface area contributed by atoms with Gasteiger partial charge in [0.1, 0.15) is 12.1 Å². The molecule has 0 aromatic heterocycles. The monoisotopic (exact) mass is 439 g/mol. The Morgan fingerprint density at radius 2 is 1.55 bits per heavy atom. The Balaban J connectivity index is 1.69. The highest BCUT2D eigenvalue weighted by Gasteiger charge is 2.44. The van der Waals surface area contributed by atoms with E-state index in [-0.39, 0.29) is 23.6 Å². The lowest BCUT2D eigenvalue weighted by molar-refractivity contribution is -0.155. The molecule has 1 amide bonds. The van der Waals surface area contributed by atoms with Crippen LogP contribution in [0.3, 0.4) is 0 Å². The first kappa shape index (κ1) is 23.1. The minimum absolute atomic E-state index is 0.0243. The van der Waals surface area contributed by atoms with Crippen LogP contribution in [-0.2, 0) is 32.1 Å². The summed E-state index contributed by atoms with van der Waals surface area (Å²) < 4.78 is 5.60. The van der Waals surface area contributed by atoms with Crippen molar-refractivity contribution < 1.29 is 19.1 Å². The van der Waals surface area contributed by atoms with E-state index in [1.54, 1.807) is 0 Å². The molecule has 0 saturated heterocycles. The van der Waals surface area contributed by atoms with Crippen molar-refractivity contribution in [3.05, 3.63) is 71.8 Å². The molecular formula is C25H29NO4S. The topological polar surface area (TPSA) is 72.5 Å². The minimum atomic E-state index is -0.984. The molecule has 0 aliphatic heterocycles. The van der Waals surface area contributed by atoms with Crippen LogP contribution in [0, 0.1) is 5.92 Å². The van der Waals surface area contributed by atoms with Gasteiger partial charge in [0.15, 0.2) is 5.12 Å². The maximum Gasteiger partial charge on any atom is 0.332 e. The van der Waals surface area contributed by atoms with Crippen LogP contribution in [0.25, 0.3) is 0 Å². The molecule has 6 heteroatoms. The standard InChI is InChI=1S/C25H29NO4S/c1-19(27)31-18-22(16-20-10-4-2-5-11-20)23(28)26-25(14-8-9-15-25)24(29)30-17-21-12-6-3-7-13-21/h2-7,10-13,22H,8-9,14-18H2,1H3,(H,26,28). The van der Waals surface area contributed by atoms with Crippen molar-refractivity contribution in [1.82, 2.24) is 5.32 Å². The van der Waals surface area contributed by atoms with Gasteiger partial charge in [0, 0.05) is 12.7 Å². The second-order valence-corrected chi connectivity index (χ2v) is 9.23. The van der Waals surface area contributed by atoms with Crippen LogP contribution in [0.2, 0.25) is 0 Å². The molecule has 0 bridgehead atoms. The highest BCUT2D eigenvalue weighted by atomic mass is 32.2. The molecule has 3 rings (SSSR count). The second kappa shape index (κ2) is 11.1. The van der Waals surface area contributed by atoms with Gasteiger partial charge in [-0.1, -0.05) is 85.3 Å². The maximum absolute atomic E-state index is 13.3. The van der Waals surface area contributed by atoms with E-state index < -0.39 is 11.5 Å². The Bertz CT molecular complexity index is 879. The molecule has 1 atom stereocenters. The van der Waals surface area contributed by atoms with E-state index in [0.717, 1.165) is 35.7 Å². The second-order valence-electron chi connectivity index (χ2n) is 8.03. The van der Waals surface area contributed by atoms with E-state index >= 15 is 0 Å². The fourth-order valence-electron chi connectivity index (χ4n) is 3.90. The van der Waals surface area contributed by atoms with E-state index in [4.69, 9.17) is 4.74 Å². The van der Waals surface area contributed by atoms with Crippen molar-refractivity contribution in [3.8, 4) is 0 Å². The van der Waals surface area contributed by atoms with Crippen LogP contribution < -0.4 is 5.32 Å². The van der Waals surface area contributed by atoms with Crippen LogP contribution in [0.5, 0.6) is 0 Å². The van der Waals surface area contributed by atoms with E-state index in [0.29, 0.717) is 25.0 Å². The number of ether oxygens (including phenoxy) is 1. The Labute approximate surface area is 187 Å². The predicted octanol–water partition coefficient (Wildman–Crippen LogP) is 4.30. The van der Waals surface area contributed by atoms with Gasteiger partial charge in [-0.3, -0.25) is 9.59 Å². The number of thioether (sulfide) groups is 1. The molecule has 0 heterocycles. The quantitative estimate of drug-likeness (QED) is 0.590. The van der Waals surface area contributed by atoms with Crippen molar-refractivity contribution >= 4 is 28.8 Å². The normalized spacial score (nSPS) is 15.8. The largest absolute Gasteiger partial charge is 0.459 e. The zero-order valence-electron chi connectivity index (χ0n) is 17.8. The first-order valence-electron chi connectivity index (χ1n) is 10.7. The molecule has 164 valence electrons. The lowest BCUT2D eigenvalue weighted by Crippen LogP contribution is -2.55. The Hall–Kier alpha value is -2.60. The molecule has 0 spiro atoms. The van der Waals surface area contributed by atoms with Crippen molar-refractivity contribution in [2.24, 2.45) is 5.92 Å². The maximum atomic E-state index is 13.3. The molecule has 1 unspecified atom stereocenters. The summed E-state index contributed by atoms with van der Waals surface area (Å²) in [4.78, 5) is 37.8. The third-order valence-corrected chi connectivity index (χ3v) is 6.58. The molecule has 1 N–H and O–H groups in total. The highest BCUT2D eigenvalue weighted by Crippen LogP contribution is 2.32. The summed E-state index contributed by atoms with van der Waals surface area (Å²) >= 11 is 1.14. The first-order valence-corrected chi connectivity index (χ1v) is 11.7. The van der Waals surface area contributed by atoms with Crippen molar-refractivity contribution in [1.29, 1.82) is 0 Å². The minimum Gasteiger partial charge on any atom is -0.459 e. The van der Waals surface area contributed by atoms with Crippen molar-refractivity contribution in [2.45, 2.75) is 51.2 Å². The molecule has 2 aromatic rings. The highest BCUT2D eigenvalue weighted by molar-refractivity contribution is 8.13. The lowest BCUT2D eigenvalue weighted by Gasteiger charge is -2.30. The number of amides is 1. The number of benzene rings is 2. The third kappa shape index (κ3) is 6.69. The third-order valence-electron chi connectivity index (χ3n) is 5.61. The lowest BCUT2D eigenvalue weighted by atomic mass is 9.94. The van der Waals surface area contributed by atoms with E-state index in [2.05, 4.69) is 5.32 Å². The van der Waals surface area contributed by atoms with Gasteiger partial charge in [-0.05, 0) is 30.4 Å². The van der Waals surface area contributed by atoms with Crippen molar-refractivity contribution in [3.63, 3.8) is 0 Å². The average Bonchev–Trinajstić information content (AvgIpc) is 3.26. The average molecular weight is 440 g/mol. The molecule has 31 heavy (non-hydrogen) atoms. The summed E-state index contributed by atoms with van der Waals surface area (Å²) in [5, 5.41) is 3.01. The summed E-state index contributed by atoms with van der Waals surface area (Å²) in [5.74, 6) is -0.600. The summed E-state index contributed by atoms with van der Waals surface area (Å²) in [6.07, 6.45) is 3.40. The predicted molar refractivity (Wildman–Crippen MR) is 122 cm³/mol. The molecule has 1 aliphatic rings. The number of hydrogen-bond donors (Lipinski definition) is 1. The fourth-order valence-corrected chi connectivity index (χ4v) is 4.61. The van der Waals surface area contributed by atoms with Gasteiger partial charge in [-0.15, -0.1) is 0 Å². The Kier molecular flexibility index (Phi) is 8.29. The molecular weight excluding hydrogens is 410 g/mol. The Morgan fingerprint density at radius 3 is 2.13 bits per heavy atom. The molecule has 5 nitrogen and oxygen atoms in total. The van der Waals surface area contributed by atoms with Gasteiger partial charge in [-0.2, -0.15) is 0 Å². The van der Waals surface area contributed by atoms with Gasteiger partial charge in [-0.25, -0.2) is 4.79 Å². The summed E-state index contributed by atoms with van der Waals surface area (Å²) in [7, 11) is 0. The number of rotatable bonds is 9. The summed E-state index contributed by atoms with van der Waals surface area (Å²) in [6, 6.07) is 19.3. The van der Waals surface area contributed by atoms with Crippen LogP contribution in [0.15, 0.2) is 60.7 Å². The Morgan fingerprint density at radius 1 is 0.968 bits per heavy atom. The van der Waals surface area contributed by atoms with E-state index in [1.165, 1.54) is 6.92 Å². The SMILES string of the molecule is CC(=O)SCC(Cc1ccccc1)C(=O)NC1(C(=O)OCc2ccccc2)CCCC1. The number of carbonyl (C=O) groups is 3. The number of hydrogen-bond acceptors (Lipinski definition) is 5. The zero-order chi connectivity index (χ0) is 22.1. The van der Waals surface area contributed by atoms with E-state index in [1.807, 2.05) is 60.7 Å². The van der Waals surface area contributed by atoms with Gasteiger partial charge >= 0.3 is 5.97 Å². The smallest absolute Gasteiger partial charge is 0.332 e. The molecule has 1 aliphatic carbocycles. The number of carbonyl (C=O) groups excluding carboxylic acids is 3.